The number of ether oxygens (including phenoxy) is 3. The summed E-state index contributed by atoms with van der Waals surface area (Å²) in [6.45, 7) is 0.283. The van der Waals surface area contributed by atoms with Crippen molar-refractivity contribution < 1.29 is 24.1 Å². The van der Waals surface area contributed by atoms with E-state index in [2.05, 4.69) is 16.2 Å². The Kier molecular flexibility index (Phi) is 7.39. The van der Waals surface area contributed by atoms with Gasteiger partial charge in [0.15, 0.2) is 11.5 Å². The van der Waals surface area contributed by atoms with Crippen LogP contribution in [0.5, 0.6) is 17.2 Å². The number of nitrogens with one attached hydrogen (secondary N) is 3. The normalized spacial score (nSPS) is 10.1. The summed E-state index contributed by atoms with van der Waals surface area (Å²) < 4.78 is 15.8. The highest BCUT2D eigenvalue weighted by atomic mass is 35.5. The summed E-state index contributed by atoms with van der Waals surface area (Å²) >= 11 is 6.34. The van der Waals surface area contributed by atoms with Gasteiger partial charge in [-0.25, -0.2) is 0 Å². The van der Waals surface area contributed by atoms with E-state index < -0.39 is 0 Å². The van der Waals surface area contributed by atoms with Gasteiger partial charge >= 0.3 is 0 Å². The zero-order chi connectivity index (χ0) is 19.8. The number of carbonyl (C=O) groups excluding carboxylic acids is 1. The number of carbonyl (C=O) groups is 1. The lowest BCUT2D eigenvalue weighted by Crippen LogP contribution is -2.30. The number of methoxy groups -OCH3 is 3. The second kappa shape index (κ2) is 9.75. The molecular weight excluding hydrogens is 374 g/mol. The molecule has 8 nitrogen and oxygen atoms in total. The van der Waals surface area contributed by atoms with Crippen LogP contribution in [0.4, 0.5) is 11.4 Å². The maximum atomic E-state index is 12.5. The van der Waals surface area contributed by atoms with E-state index in [0.29, 0.717) is 35.0 Å². The van der Waals surface area contributed by atoms with E-state index in [4.69, 9.17) is 30.9 Å². The summed E-state index contributed by atoms with van der Waals surface area (Å²) in [7, 11) is 4.41. The molecule has 9 heteroatoms. The van der Waals surface area contributed by atoms with Gasteiger partial charge in [-0.3, -0.25) is 15.6 Å². The van der Waals surface area contributed by atoms with Crippen molar-refractivity contribution in [2.24, 2.45) is 0 Å². The number of aliphatic hydroxyl groups excluding tert-OH is 1. The molecule has 0 heterocycles. The molecule has 0 unspecified atom stereocenters. The molecule has 0 bridgehead atoms. The number of benzene rings is 2. The number of rotatable bonds is 9. The Balaban J connectivity index is 2.23. The first kappa shape index (κ1) is 20.5. The van der Waals surface area contributed by atoms with Crippen LogP contribution in [0, 0.1) is 0 Å². The van der Waals surface area contributed by atoms with Gasteiger partial charge in [-0.2, -0.15) is 0 Å². The summed E-state index contributed by atoms with van der Waals surface area (Å²) in [6, 6.07) is 8.52. The maximum Gasteiger partial charge on any atom is 0.271 e. The summed E-state index contributed by atoms with van der Waals surface area (Å²) in [5, 5.41) is 12.2. The smallest absolute Gasteiger partial charge is 0.271 e. The minimum atomic E-state index is -0.388. The van der Waals surface area contributed by atoms with Crippen molar-refractivity contribution in [3.8, 4) is 17.2 Å². The molecule has 27 heavy (non-hydrogen) atoms. The van der Waals surface area contributed by atoms with Crippen LogP contribution in [0.15, 0.2) is 30.3 Å². The highest BCUT2D eigenvalue weighted by Crippen LogP contribution is 2.46. The molecule has 1 amide bonds. The van der Waals surface area contributed by atoms with E-state index >= 15 is 0 Å². The Morgan fingerprint density at radius 2 is 1.78 bits per heavy atom. The van der Waals surface area contributed by atoms with E-state index in [-0.39, 0.29) is 23.3 Å². The molecule has 2 aromatic rings. The Labute approximate surface area is 162 Å². The van der Waals surface area contributed by atoms with E-state index in [0.717, 1.165) is 0 Å². The molecule has 2 aromatic carbocycles. The predicted molar refractivity (Wildman–Crippen MR) is 104 cm³/mol. The first-order valence-electron chi connectivity index (χ1n) is 8.05. The number of para-hydroxylation sites is 1. The highest BCUT2D eigenvalue weighted by molar-refractivity contribution is 6.35. The van der Waals surface area contributed by atoms with E-state index in [9.17, 15) is 4.79 Å². The first-order valence-corrected chi connectivity index (χ1v) is 8.43. The Hall–Kier alpha value is -2.84. The SMILES string of the molecule is COc1cc(NNC(=O)c2ccccc2NCCO)c(Cl)c(OC)c1OC. The molecular formula is C18H22ClN3O5. The van der Waals surface area contributed by atoms with Crippen molar-refractivity contribution in [2.75, 3.05) is 45.2 Å². The van der Waals surface area contributed by atoms with Gasteiger partial charge in [-0.1, -0.05) is 23.7 Å². The van der Waals surface area contributed by atoms with Gasteiger partial charge in [0.1, 0.15) is 5.02 Å². The summed E-state index contributed by atoms with van der Waals surface area (Å²) in [5.41, 5.74) is 6.74. The van der Waals surface area contributed by atoms with Crippen molar-refractivity contribution in [1.29, 1.82) is 0 Å². The average Bonchev–Trinajstić information content (AvgIpc) is 2.70. The number of hydrogen-bond donors (Lipinski definition) is 4. The quantitative estimate of drug-likeness (QED) is 0.484. The third-order valence-electron chi connectivity index (χ3n) is 3.68. The topological polar surface area (TPSA) is 101 Å². The van der Waals surface area contributed by atoms with Crippen LogP contribution in [-0.2, 0) is 0 Å². The van der Waals surface area contributed by atoms with Crippen LogP contribution >= 0.6 is 11.6 Å². The molecule has 0 aromatic heterocycles. The molecule has 0 saturated carbocycles. The fourth-order valence-electron chi connectivity index (χ4n) is 2.43. The third kappa shape index (κ3) is 4.66. The zero-order valence-electron chi connectivity index (χ0n) is 15.3. The molecule has 0 radical (unpaired) electrons. The second-order valence-electron chi connectivity index (χ2n) is 5.28. The molecule has 0 aliphatic heterocycles. The molecule has 2 rings (SSSR count). The number of aliphatic hydroxyl groups is 1. The lowest BCUT2D eigenvalue weighted by Gasteiger charge is -2.18. The molecule has 0 aliphatic carbocycles. The fourth-order valence-corrected chi connectivity index (χ4v) is 2.69. The Bertz CT molecular complexity index is 801. The molecule has 0 aliphatic rings. The lowest BCUT2D eigenvalue weighted by atomic mass is 10.1. The standard InChI is InChI=1S/C18H22ClN3O5/c1-25-14-10-13(15(19)17(27-3)16(14)26-2)21-22-18(24)11-6-4-5-7-12(11)20-8-9-23/h4-7,10,20-21,23H,8-9H2,1-3H3,(H,22,24). The average molecular weight is 396 g/mol. The molecule has 0 atom stereocenters. The zero-order valence-corrected chi connectivity index (χ0v) is 16.0. The van der Waals surface area contributed by atoms with Crippen molar-refractivity contribution in [3.05, 3.63) is 40.9 Å². The van der Waals surface area contributed by atoms with Crippen LogP contribution in [-0.4, -0.2) is 45.5 Å². The van der Waals surface area contributed by atoms with Crippen LogP contribution in [0.3, 0.4) is 0 Å². The molecule has 4 N–H and O–H groups in total. The number of amides is 1. The van der Waals surface area contributed by atoms with Gasteiger partial charge in [0.25, 0.3) is 5.91 Å². The van der Waals surface area contributed by atoms with Gasteiger partial charge < -0.3 is 24.6 Å². The Morgan fingerprint density at radius 3 is 2.41 bits per heavy atom. The van der Waals surface area contributed by atoms with Crippen molar-refractivity contribution in [1.82, 2.24) is 5.43 Å². The van der Waals surface area contributed by atoms with Crippen LogP contribution < -0.4 is 30.4 Å². The molecule has 146 valence electrons. The summed E-state index contributed by atoms with van der Waals surface area (Å²) in [5.74, 6) is 0.627. The van der Waals surface area contributed by atoms with Gasteiger partial charge in [-0.15, -0.1) is 0 Å². The van der Waals surface area contributed by atoms with E-state index in [1.165, 1.54) is 21.3 Å². The fraction of sp³-hybridized carbons (Fsp3) is 0.278. The van der Waals surface area contributed by atoms with Gasteiger partial charge in [0, 0.05) is 18.3 Å². The van der Waals surface area contributed by atoms with Crippen LogP contribution in [0.2, 0.25) is 5.02 Å². The number of hydrogen-bond acceptors (Lipinski definition) is 7. The lowest BCUT2D eigenvalue weighted by molar-refractivity contribution is 0.0963. The van der Waals surface area contributed by atoms with E-state index in [1.54, 1.807) is 30.3 Å². The molecule has 0 fully saturated rings. The number of anilines is 2. The van der Waals surface area contributed by atoms with E-state index in [1.807, 2.05) is 0 Å². The largest absolute Gasteiger partial charge is 0.493 e. The predicted octanol–water partition coefficient (Wildman–Crippen LogP) is 2.53. The highest BCUT2D eigenvalue weighted by Gasteiger charge is 2.20. The van der Waals surface area contributed by atoms with Crippen molar-refractivity contribution in [3.63, 3.8) is 0 Å². The number of halogens is 1. The molecule has 0 saturated heterocycles. The minimum absolute atomic E-state index is 0.0464. The van der Waals surface area contributed by atoms with Crippen LogP contribution in [0.25, 0.3) is 0 Å². The van der Waals surface area contributed by atoms with Gasteiger partial charge in [0.2, 0.25) is 5.75 Å². The van der Waals surface area contributed by atoms with Crippen molar-refractivity contribution >= 4 is 28.9 Å². The van der Waals surface area contributed by atoms with Crippen molar-refractivity contribution in [2.45, 2.75) is 0 Å². The van der Waals surface area contributed by atoms with Gasteiger partial charge in [0.05, 0.1) is 39.2 Å². The third-order valence-corrected chi connectivity index (χ3v) is 4.05. The molecule has 0 spiro atoms. The second-order valence-corrected chi connectivity index (χ2v) is 5.66. The summed E-state index contributed by atoms with van der Waals surface area (Å²) in [6.07, 6.45) is 0. The minimum Gasteiger partial charge on any atom is -0.493 e. The summed E-state index contributed by atoms with van der Waals surface area (Å²) in [4.78, 5) is 12.5. The first-order chi connectivity index (χ1) is 13.1. The number of hydrazine groups is 1. The van der Waals surface area contributed by atoms with Crippen LogP contribution in [0.1, 0.15) is 10.4 Å². The monoisotopic (exact) mass is 395 g/mol. The Morgan fingerprint density at radius 1 is 1.07 bits per heavy atom. The van der Waals surface area contributed by atoms with Gasteiger partial charge in [-0.05, 0) is 12.1 Å². The maximum absolute atomic E-state index is 12.5.